The highest BCUT2D eigenvalue weighted by Gasteiger charge is 2.27. The van der Waals surface area contributed by atoms with Crippen molar-refractivity contribution in [3.8, 4) is 0 Å². The molecule has 1 atom stereocenters. The van der Waals surface area contributed by atoms with Crippen molar-refractivity contribution in [1.82, 2.24) is 0 Å². The molecule has 0 amide bonds. The molecule has 0 nitrogen and oxygen atoms in total. The zero-order valence-electron chi connectivity index (χ0n) is 6.59. The van der Waals surface area contributed by atoms with E-state index in [1.165, 1.54) is 24.1 Å². The van der Waals surface area contributed by atoms with Gasteiger partial charge in [-0.3, -0.25) is 0 Å². The van der Waals surface area contributed by atoms with Crippen LogP contribution in [0.4, 0.5) is 0 Å². The number of alkyl halides is 1. The molecule has 0 N–H and O–H groups in total. The Morgan fingerprint density at radius 3 is 2.58 bits per heavy atom. The molecular formula is C9H10Cl2S. The molecule has 1 saturated carbocycles. The van der Waals surface area contributed by atoms with E-state index in [2.05, 4.69) is 0 Å². The molecule has 66 valence electrons. The molecule has 2 rings (SSSR count). The Hall–Kier alpha value is 0.280. The molecule has 0 saturated heterocycles. The van der Waals surface area contributed by atoms with Crippen molar-refractivity contribution < 1.29 is 0 Å². The summed E-state index contributed by atoms with van der Waals surface area (Å²) in [4.78, 5) is 1.23. The Labute approximate surface area is 86.5 Å². The van der Waals surface area contributed by atoms with E-state index < -0.39 is 0 Å². The Morgan fingerprint density at radius 2 is 2.17 bits per heavy atom. The SMILES string of the molecule is Clc1ccc(C(Cl)C2CCC2)s1. The van der Waals surface area contributed by atoms with Gasteiger partial charge in [-0.15, -0.1) is 22.9 Å². The van der Waals surface area contributed by atoms with Crippen molar-refractivity contribution in [1.29, 1.82) is 0 Å². The molecule has 0 aliphatic heterocycles. The van der Waals surface area contributed by atoms with Crippen molar-refractivity contribution in [2.24, 2.45) is 5.92 Å². The third-order valence-corrected chi connectivity index (χ3v) is 4.46. The molecule has 12 heavy (non-hydrogen) atoms. The van der Waals surface area contributed by atoms with Crippen LogP contribution in [0.1, 0.15) is 29.5 Å². The molecule has 1 aromatic rings. The first-order valence-electron chi connectivity index (χ1n) is 4.16. The van der Waals surface area contributed by atoms with Crippen molar-refractivity contribution >= 4 is 34.5 Å². The molecule has 0 radical (unpaired) electrons. The van der Waals surface area contributed by atoms with E-state index in [4.69, 9.17) is 23.2 Å². The highest BCUT2D eigenvalue weighted by atomic mass is 35.5. The van der Waals surface area contributed by atoms with Gasteiger partial charge in [-0.05, 0) is 30.9 Å². The van der Waals surface area contributed by atoms with Gasteiger partial charge in [-0.2, -0.15) is 0 Å². The molecule has 1 unspecified atom stereocenters. The molecule has 3 heteroatoms. The van der Waals surface area contributed by atoms with Gasteiger partial charge in [0.05, 0.1) is 9.71 Å². The van der Waals surface area contributed by atoms with Gasteiger partial charge in [0.25, 0.3) is 0 Å². The maximum absolute atomic E-state index is 6.27. The molecular weight excluding hydrogens is 211 g/mol. The predicted octanol–water partition coefficient (Wildman–Crippen LogP) is 4.48. The fourth-order valence-corrected chi connectivity index (χ4v) is 3.03. The summed E-state index contributed by atoms with van der Waals surface area (Å²) in [5.41, 5.74) is 0. The second-order valence-corrected chi connectivity index (χ2v) is 5.45. The Morgan fingerprint density at radius 1 is 1.42 bits per heavy atom. The maximum atomic E-state index is 6.27. The average molecular weight is 221 g/mol. The van der Waals surface area contributed by atoms with E-state index in [1.54, 1.807) is 11.3 Å². The van der Waals surface area contributed by atoms with E-state index in [0.717, 1.165) is 4.34 Å². The molecule has 1 fully saturated rings. The number of rotatable bonds is 2. The van der Waals surface area contributed by atoms with Crippen LogP contribution in [0.25, 0.3) is 0 Å². The van der Waals surface area contributed by atoms with Crippen molar-refractivity contribution in [3.05, 3.63) is 21.3 Å². The Kier molecular flexibility index (Phi) is 2.63. The maximum Gasteiger partial charge on any atom is 0.0931 e. The standard InChI is InChI=1S/C9H10Cl2S/c10-8-5-4-7(12-8)9(11)6-2-1-3-6/h4-6,9H,1-3H2. The lowest BCUT2D eigenvalue weighted by Gasteiger charge is -2.29. The normalized spacial score (nSPS) is 20.5. The molecule has 0 bridgehead atoms. The van der Waals surface area contributed by atoms with Gasteiger partial charge in [0.2, 0.25) is 0 Å². The summed E-state index contributed by atoms with van der Waals surface area (Å²) >= 11 is 13.7. The summed E-state index contributed by atoms with van der Waals surface area (Å²) in [6.45, 7) is 0. The first-order chi connectivity index (χ1) is 5.77. The number of hydrogen-bond acceptors (Lipinski definition) is 1. The van der Waals surface area contributed by atoms with Crippen LogP contribution in [0.15, 0.2) is 12.1 Å². The summed E-state index contributed by atoms with van der Waals surface area (Å²) < 4.78 is 0.843. The lowest BCUT2D eigenvalue weighted by atomic mass is 9.82. The summed E-state index contributed by atoms with van der Waals surface area (Å²) in [7, 11) is 0. The molecule has 1 aliphatic carbocycles. The van der Waals surface area contributed by atoms with Crippen molar-refractivity contribution in [2.75, 3.05) is 0 Å². The van der Waals surface area contributed by atoms with Gasteiger partial charge in [-0.1, -0.05) is 18.0 Å². The van der Waals surface area contributed by atoms with Gasteiger partial charge in [0, 0.05) is 4.88 Å². The van der Waals surface area contributed by atoms with E-state index >= 15 is 0 Å². The van der Waals surface area contributed by atoms with Crippen LogP contribution in [0, 0.1) is 5.92 Å². The van der Waals surface area contributed by atoms with Crippen LogP contribution in [-0.2, 0) is 0 Å². The van der Waals surface area contributed by atoms with Gasteiger partial charge in [0.1, 0.15) is 0 Å². The average Bonchev–Trinajstić information content (AvgIpc) is 2.31. The molecule has 1 aromatic heterocycles. The highest BCUT2D eigenvalue weighted by molar-refractivity contribution is 7.16. The molecule has 0 aromatic carbocycles. The highest BCUT2D eigenvalue weighted by Crippen LogP contribution is 2.44. The second kappa shape index (κ2) is 3.57. The van der Waals surface area contributed by atoms with Crippen LogP contribution < -0.4 is 0 Å². The first-order valence-corrected chi connectivity index (χ1v) is 5.80. The van der Waals surface area contributed by atoms with Crippen LogP contribution in [0.5, 0.6) is 0 Å². The van der Waals surface area contributed by atoms with Crippen LogP contribution >= 0.6 is 34.5 Å². The lowest BCUT2D eigenvalue weighted by Crippen LogP contribution is -2.15. The zero-order valence-corrected chi connectivity index (χ0v) is 8.92. The van der Waals surface area contributed by atoms with Crippen molar-refractivity contribution in [2.45, 2.75) is 24.6 Å². The third kappa shape index (κ3) is 1.63. The third-order valence-electron chi connectivity index (χ3n) is 2.43. The fraction of sp³-hybridized carbons (Fsp3) is 0.556. The summed E-state index contributed by atoms with van der Waals surface area (Å²) in [6, 6.07) is 3.97. The number of halogens is 2. The molecule has 1 aliphatic rings. The predicted molar refractivity (Wildman–Crippen MR) is 55.3 cm³/mol. The number of thiophene rings is 1. The van der Waals surface area contributed by atoms with E-state index in [1.807, 2.05) is 12.1 Å². The second-order valence-electron chi connectivity index (χ2n) is 3.23. The molecule has 0 spiro atoms. The monoisotopic (exact) mass is 220 g/mol. The minimum absolute atomic E-state index is 0.205. The van der Waals surface area contributed by atoms with E-state index in [9.17, 15) is 0 Å². The van der Waals surface area contributed by atoms with E-state index in [0.29, 0.717) is 5.92 Å². The summed E-state index contributed by atoms with van der Waals surface area (Å²) in [6.07, 6.45) is 3.90. The van der Waals surface area contributed by atoms with Crippen LogP contribution in [0.3, 0.4) is 0 Å². The van der Waals surface area contributed by atoms with Gasteiger partial charge in [0.15, 0.2) is 0 Å². The Bertz CT molecular complexity index is 265. The topological polar surface area (TPSA) is 0 Å². The first kappa shape index (κ1) is 8.86. The van der Waals surface area contributed by atoms with Crippen LogP contribution in [0.2, 0.25) is 4.34 Å². The summed E-state index contributed by atoms with van der Waals surface area (Å²) in [5.74, 6) is 0.696. The zero-order chi connectivity index (χ0) is 8.55. The Balaban J connectivity index is 2.08. The summed E-state index contributed by atoms with van der Waals surface area (Å²) in [5, 5.41) is 0.205. The van der Waals surface area contributed by atoms with Crippen molar-refractivity contribution in [3.63, 3.8) is 0 Å². The fourth-order valence-electron chi connectivity index (χ4n) is 1.44. The van der Waals surface area contributed by atoms with E-state index in [-0.39, 0.29) is 5.38 Å². The lowest BCUT2D eigenvalue weighted by molar-refractivity contribution is 0.307. The van der Waals surface area contributed by atoms with Gasteiger partial charge < -0.3 is 0 Å². The van der Waals surface area contributed by atoms with Gasteiger partial charge in [-0.25, -0.2) is 0 Å². The smallest absolute Gasteiger partial charge is 0.0931 e. The minimum atomic E-state index is 0.205. The quantitative estimate of drug-likeness (QED) is 0.646. The molecule has 1 heterocycles. The largest absolute Gasteiger partial charge is 0.127 e. The van der Waals surface area contributed by atoms with Gasteiger partial charge >= 0.3 is 0 Å². The minimum Gasteiger partial charge on any atom is -0.127 e. The van der Waals surface area contributed by atoms with Crippen LogP contribution in [-0.4, -0.2) is 0 Å². The number of hydrogen-bond donors (Lipinski definition) is 0.